The maximum atomic E-state index is 5.21. The summed E-state index contributed by atoms with van der Waals surface area (Å²) < 4.78 is 7.04. The van der Waals surface area contributed by atoms with E-state index in [0.29, 0.717) is 6.61 Å². The number of hydrogen-bond donors (Lipinski definition) is 1. The number of rotatable bonds is 7. The SMILES string of the molecule is COCc1ccccc1CNCCc1ccn(C)n1. The summed E-state index contributed by atoms with van der Waals surface area (Å²) in [5.74, 6) is 0. The second-order valence-electron chi connectivity index (χ2n) is 4.61. The van der Waals surface area contributed by atoms with Crippen molar-refractivity contribution in [2.45, 2.75) is 19.6 Å². The number of aromatic nitrogens is 2. The Morgan fingerprint density at radius 2 is 2.00 bits per heavy atom. The first kappa shape index (κ1) is 13.8. The monoisotopic (exact) mass is 259 g/mol. The zero-order valence-electron chi connectivity index (χ0n) is 11.6. The lowest BCUT2D eigenvalue weighted by Crippen LogP contribution is -2.18. The average molecular weight is 259 g/mol. The highest BCUT2D eigenvalue weighted by Gasteiger charge is 2.01. The molecular formula is C15H21N3O. The number of nitrogens with zero attached hydrogens (tertiary/aromatic N) is 2. The first-order chi connectivity index (χ1) is 9.29. The van der Waals surface area contributed by atoms with E-state index in [0.717, 1.165) is 25.2 Å². The van der Waals surface area contributed by atoms with Gasteiger partial charge >= 0.3 is 0 Å². The van der Waals surface area contributed by atoms with Gasteiger partial charge in [-0.1, -0.05) is 24.3 Å². The smallest absolute Gasteiger partial charge is 0.0716 e. The van der Waals surface area contributed by atoms with Crippen LogP contribution in [0.15, 0.2) is 36.5 Å². The molecule has 4 heteroatoms. The van der Waals surface area contributed by atoms with Crippen molar-refractivity contribution in [1.29, 1.82) is 0 Å². The van der Waals surface area contributed by atoms with Crippen molar-refractivity contribution in [2.24, 2.45) is 7.05 Å². The fourth-order valence-corrected chi connectivity index (χ4v) is 2.06. The first-order valence-electron chi connectivity index (χ1n) is 6.54. The van der Waals surface area contributed by atoms with Crippen LogP contribution in [-0.4, -0.2) is 23.4 Å². The predicted octanol–water partition coefficient (Wildman–Crippen LogP) is 1.90. The summed E-state index contributed by atoms with van der Waals surface area (Å²) in [5, 5.41) is 7.81. The highest BCUT2D eigenvalue weighted by Crippen LogP contribution is 2.09. The Balaban J connectivity index is 1.79. The molecule has 2 aromatic rings. The molecule has 0 bridgehead atoms. The minimum absolute atomic E-state index is 0.665. The molecule has 0 aliphatic rings. The summed E-state index contributed by atoms with van der Waals surface area (Å²) in [6, 6.07) is 10.4. The van der Waals surface area contributed by atoms with Crippen LogP contribution in [0.4, 0.5) is 0 Å². The van der Waals surface area contributed by atoms with Gasteiger partial charge in [-0.05, 0) is 17.2 Å². The van der Waals surface area contributed by atoms with E-state index in [2.05, 4.69) is 34.7 Å². The van der Waals surface area contributed by atoms with Crippen LogP contribution in [0.3, 0.4) is 0 Å². The molecule has 1 heterocycles. The van der Waals surface area contributed by atoms with Gasteiger partial charge in [0.05, 0.1) is 12.3 Å². The van der Waals surface area contributed by atoms with Crippen LogP contribution in [0.1, 0.15) is 16.8 Å². The van der Waals surface area contributed by atoms with Crippen LogP contribution in [0.2, 0.25) is 0 Å². The first-order valence-corrected chi connectivity index (χ1v) is 6.54. The van der Waals surface area contributed by atoms with Gasteiger partial charge in [-0.15, -0.1) is 0 Å². The van der Waals surface area contributed by atoms with E-state index < -0.39 is 0 Å². The summed E-state index contributed by atoms with van der Waals surface area (Å²) in [6.07, 6.45) is 2.93. The lowest BCUT2D eigenvalue weighted by atomic mass is 10.1. The van der Waals surface area contributed by atoms with E-state index in [1.807, 2.05) is 24.0 Å². The van der Waals surface area contributed by atoms with Gasteiger partial charge in [0, 0.05) is 39.9 Å². The highest BCUT2D eigenvalue weighted by molar-refractivity contribution is 5.26. The molecule has 102 valence electrons. The van der Waals surface area contributed by atoms with Gasteiger partial charge in [-0.25, -0.2) is 0 Å². The standard InChI is InChI=1S/C15H21N3O/c1-18-10-8-15(17-18)7-9-16-11-13-5-3-4-6-14(13)12-19-2/h3-6,8,10,16H,7,9,11-12H2,1-2H3. The Bertz CT molecular complexity index is 508. The summed E-state index contributed by atoms with van der Waals surface area (Å²) in [4.78, 5) is 0. The van der Waals surface area contributed by atoms with Gasteiger partial charge in [0.15, 0.2) is 0 Å². The van der Waals surface area contributed by atoms with Crippen LogP contribution in [-0.2, 0) is 31.4 Å². The maximum Gasteiger partial charge on any atom is 0.0716 e. The Morgan fingerprint density at radius 3 is 2.68 bits per heavy atom. The zero-order chi connectivity index (χ0) is 13.5. The van der Waals surface area contributed by atoms with Crippen molar-refractivity contribution in [3.05, 3.63) is 53.3 Å². The second-order valence-corrected chi connectivity index (χ2v) is 4.61. The minimum atomic E-state index is 0.665. The molecule has 0 radical (unpaired) electrons. The summed E-state index contributed by atoms with van der Waals surface area (Å²) in [6.45, 7) is 2.46. The van der Waals surface area contributed by atoms with E-state index in [1.165, 1.54) is 11.1 Å². The lowest BCUT2D eigenvalue weighted by molar-refractivity contribution is 0.184. The second kappa shape index (κ2) is 7.07. The normalized spacial score (nSPS) is 10.8. The van der Waals surface area contributed by atoms with E-state index >= 15 is 0 Å². The molecule has 0 spiro atoms. The van der Waals surface area contributed by atoms with E-state index in [1.54, 1.807) is 7.11 Å². The largest absolute Gasteiger partial charge is 0.380 e. The van der Waals surface area contributed by atoms with Gasteiger partial charge in [0.25, 0.3) is 0 Å². The predicted molar refractivity (Wildman–Crippen MR) is 75.8 cm³/mol. The molecule has 0 unspecified atom stereocenters. The van der Waals surface area contributed by atoms with Gasteiger partial charge in [-0.3, -0.25) is 4.68 Å². The lowest BCUT2D eigenvalue weighted by Gasteiger charge is -2.09. The summed E-state index contributed by atoms with van der Waals surface area (Å²) >= 11 is 0. The fraction of sp³-hybridized carbons (Fsp3) is 0.400. The number of nitrogens with one attached hydrogen (secondary N) is 1. The Kier molecular flexibility index (Phi) is 5.12. The third-order valence-corrected chi connectivity index (χ3v) is 3.06. The molecule has 19 heavy (non-hydrogen) atoms. The van der Waals surface area contributed by atoms with Gasteiger partial charge in [0.1, 0.15) is 0 Å². The third kappa shape index (κ3) is 4.19. The zero-order valence-corrected chi connectivity index (χ0v) is 11.6. The molecule has 2 rings (SSSR count). The van der Waals surface area contributed by atoms with Crippen molar-refractivity contribution in [2.75, 3.05) is 13.7 Å². The molecule has 0 fully saturated rings. The molecular weight excluding hydrogens is 238 g/mol. The van der Waals surface area contributed by atoms with Crippen LogP contribution < -0.4 is 5.32 Å². The molecule has 0 saturated heterocycles. The molecule has 0 atom stereocenters. The van der Waals surface area contributed by atoms with Gasteiger partial charge in [0.2, 0.25) is 0 Å². The molecule has 1 aromatic carbocycles. The van der Waals surface area contributed by atoms with Crippen molar-refractivity contribution < 1.29 is 4.74 Å². The van der Waals surface area contributed by atoms with Crippen molar-refractivity contribution in [3.63, 3.8) is 0 Å². The molecule has 0 aliphatic heterocycles. The minimum Gasteiger partial charge on any atom is -0.380 e. The van der Waals surface area contributed by atoms with Crippen LogP contribution in [0, 0.1) is 0 Å². The molecule has 1 aromatic heterocycles. The molecule has 0 saturated carbocycles. The number of benzene rings is 1. The van der Waals surface area contributed by atoms with Crippen molar-refractivity contribution in [3.8, 4) is 0 Å². The molecule has 0 aliphatic carbocycles. The van der Waals surface area contributed by atoms with Gasteiger partial charge in [-0.2, -0.15) is 5.10 Å². The van der Waals surface area contributed by atoms with E-state index in [-0.39, 0.29) is 0 Å². The summed E-state index contributed by atoms with van der Waals surface area (Å²) in [7, 11) is 3.67. The average Bonchev–Trinajstić information content (AvgIpc) is 2.83. The van der Waals surface area contributed by atoms with Gasteiger partial charge < -0.3 is 10.1 Å². The highest BCUT2D eigenvalue weighted by atomic mass is 16.5. The molecule has 4 nitrogen and oxygen atoms in total. The van der Waals surface area contributed by atoms with Crippen molar-refractivity contribution >= 4 is 0 Å². The molecule has 1 N–H and O–H groups in total. The molecule has 0 amide bonds. The van der Waals surface area contributed by atoms with Crippen LogP contribution in [0.25, 0.3) is 0 Å². The number of ether oxygens (including phenoxy) is 1. The number of hydrogen-bond acceptors (Lipinski definition) is 3. The van der Waals surface area contributed by atoms with E-state index in [9.17, 15) is 0 Å². The Hall–Kier alpha value is -1.65. The third-order valence-electron chi connectivity index (χ3n) is 3.06. The summed E-state index contributed by atoms with van der Waals surface area (Å²) in [5.41, 5.74) is 3.67. The number of aryl methyl sites for hydroxylation is 1. The van der Waals surface area contributed by atoms with Crippen molar-refractivity contribution in [1.82, 2.24) is 15.1 Å². The van der Waals surface area contributed by atoms with E-state index in [4.69, 9.17) is 4.74 Å². The fourth-order valence-electron chi connectivity index (χ4n) is 2.06. The topological polar surface area (TPSA) is 39.1 Å². The Labute approximate surface area is 114 Å². The van der Waals surface area contributed by atoms with Crippen LogP contribution in [0.5, 0.6) is 0 Å². The quantitative estimate of drug-likeness (QED) is 0.772. The maximum absolute atomic E-state index is 5.21. The van der Waals surface area contributed by atoms with Crippen LogP contribution >= 0.6 is 0 Å². The number of methoxy groups -OCH3 is 1. The Morgan fingerprint density at radius 1 is 1.21 bits per heavy atom.